The molecule has 0 radical (unpaired) electrons. The van der Waals surface area contributed by atoms with Gasteiger partial charge in [-0.3, -0.25) is 0 Å². The van der Waals surface area contributed by atoms with Gasteiger partial charge in [-0.2, -0.15) is 0 Å². The summed E-state index contributed by atoms with van der Waals surface area (Å²) in [7, 11) is 5.67. The first kappa shape index (κ1) is 12.7. The SMILES string of the molecule is CNc1nc(CN(C)C(C)=S)nc2c1ncn2C. The number of nitrogens with one attached hydrogen (secondary N) is 1. The summed E-state index contributed by atoms with van der Waals surface area (Å²) in [5.41, 5.74) is 1.60. The number of hydrogen-bond acceptors (Lipinski definition) is 5. The second kappa shape index (κ2) is 4.85. The van der Waals surface area contributed by atoms with Gasteiger partial charge >= 0.3 is 0 Å². The van der Waals surface area contributed by atoms with Gasteiger partial charge in [0.15, 0.2) is 17.3 Å². The van der Waals surface area contributed by atoms with Crippen molar-refractivity contribution in [3.8, 4) is 0 Å². The lowest BCUT2D eigenvalue weighted by Gasteiger charge is -2.16. The molecule has 0 aliphatic heterocycles. The number of rotatable bonds is 3. The Morgan fingerprint density at radius 2 is 2.22 bits per heavy atom. The predicted molar refractivity (Wildman–Crippen MR) is 75.6 cm³/mol. The smallest absolute Gasteiger partial charge is 0.165 e. The first-order valence-corrected chi connectivity index (χ1v) is 6.01. The second-order valence-electron chi connectivity index (χ2n) is 4.14. The fourth-order valence-electron chi connectivity index (χ4n) is 1.62. The van der Waals surface area contributed by atoms with E-state index in [0.717, 1.165) is 27.8 Å². The molecule has 0 fully saturated rings. The maximum atomic E-state index is 5.12. The zero-order valence-electron chi connectivity index (χ0n) is 10.9. The van der Waals surface area contributed by atoms with Crippen LogP contribution in [-0.4, -0.2) is 43.5 Å². The molecule has 2 aromatic rings. The van der Waals surface area contributed by atoms with Gasteiger partial charge in [0, 0.05) is 21.1 Å². The Kier molecular flexibility index (Phi) is 3.42. The molecule has 7 heteroatoms. The number of anilines is 1. The Balaban J connectivity index is 2.45. The minimum atomic E-state index is 0.588. The van der Waals surface area contributed by atoms with Crippen LogP contribution in [0.5, 0.6) is 0 Å². The van der Waals surface area contributed by atoms with Gasteiger partial charge < -0.3 is 14.8 Å². The maximum absolute atomic E-state index is 5.12. The van der Waals surface area contributed by atoms with Crippen molar-refractivity contribution >= 4 is 34.2 Å². The highest BCUT2D eigenvalue weighted by atomic mass is 32.1. The zero-order chi connectivity index (χ0) is 13.3. The molecule has 0 amide bonds. The second-order valence-corrected chi connectivity index (χ2v) is 4.73. The first-order chi connectivity index (χ1) is 8.52. The lowest BCUT2D eigenvalue weighted by molar-refractivity contribution is 0.490. The Morgan fingerprint density at radius 1 is 1.50 bits per heavy atom. The fourth-order valence-corrected chi connectivity index (χ4v) is 1.68. The molecule has 0 spiro atoms. The molecule has 18 heavy (non-hydrogen) atoms. The van der Waals surface area contributed by atoms with Crippen LogP contribution in [0.3, 0.4) is 0 Å². The van der Waals surface area contributed by atoms with Crippen LogP contribution in [0.15, 0.2) is 6.33 Å². The van der Waals surface area contributed by atoms with Crippen molar-refractivity contribution < 1.29 is 0 Å². The average molecular weight is 264 g/mol. The number of hydrogen-bond donors (Lipinski definition) is 1. The summed E-state index contributed by atoms with van der Waals surface area (Å²) in [6, 6.07) is 0. The van der Waals surface area contributed by atoms with Gasteiger partial charge in [-0.25, -0.2) is 15.0 Å². The van der Waals surface area contributed by atoms with E-state index in [-0.39, 0.29) is 0 Å². The molecule has 0 aliphatic rings. The maximum Gasteiger partial charge on any atom is 0.165 e. The molecule has 2 heterocycles. The van der Waals surface area contributed by atoms with Crippen molar-refractivity contribution in [2.24, 2.45) is 7.05 Å². The van der Waals surface area contributed by atoms with Crippen molar-refractivity contribution in [1.82, 2.24) is 24.4 Å². The van der Waals surface area contributed by atoms with E-state index in [1.807, 2.05) is 37.5 Å². The molecule has 6 nitrogen and oxygen atoms in total. The van der Waals surface area contributed by atoms with Gasteiger partial charge in [-0.15, -0.1) is 0 Å². The number of imidazole rings is 1. The first-order valence-electron chi connectivity index (χ1n) is 5.60. The molecular weight excluding hydrogens is 248 g/mol. The molecule has 0 bridgehead atoms. The standard InChI is InChI=1S/C11H16N6S/c1-7(18)16(3)5-8-14-10(12-2)9-11(15-8)17(4)6-13-9/h6H,5H2,1-4H3,(H,12,14,15). The molecule has 0 aromatic carbocycles. The highest BCUT2D eigenvalue weighted by molar-refractivity contribution is 7.80. The Morgan fingerprint density at radius 3 is 2.83 bits per heavy atom. The molecule has 0 unspecified atom stereocenters. The summed E-state index contributed by atoms with van der Waals surface area (Å²) in [5, 5.41) is 3.05. The lowest BCUT2D eigenvalue weighted by atomic mass is 10.4. The molecule has 0 aliphatic carbocycles. The van der Waals surface area contributed by atoms with Crippen LogP contribution >= 0.6 is 12.2 Å². The summed E-state index contributed by atoms with van der Waals surface area (Å²) in [5.74, 6) is 1.47. The van der Waals surface area contributed by atoms with Crippen LogP contribution in [-0.2, 0) is 13.6 Å². The number of nitrogens with zero attached hydrogens (tertiary/aromatic N) is 5. The van der Waals surface area contributed by atoms with E-state index in [9.17, 15) is 0 Å². The molecule has 96 valence electrons. The third kappa shape index (κ3) is 2.26. The molecule has 2 aromatic heterocycles. The summed E-state index contributed by atoms with van der Waals surface area (Å²) in [4.78, 5) is 16.0. The lowest BCUT2D eigenvalue weighted by Crippen LogP contribution is -2.23. The van der Waals surface area contributed by atoms with Crippen molar-refractivity contribution in [3.05, 3.63) is 12.2 Å². The van der Waals surface area contributed by atoms with Crippen molar-refractivity contribution in [3.63, 3.8) is 0 Å². The normalized spacial score (nSPS) is 10.7. The third-order valence-electron chi connectivity index (χ3n) is 2.76. The van der Waals surface area contributed by atoms with Gasteiger partial charge in [-0.1, -0.05) is 12.2 Å². The van der Waals surface area contributed by atoms with E-state index in [4.69, 9.17) is 12.2 Å². The van der Waals surface area contributed by atoms with E-state index in [1.54, 1.807) is 6.33 Å². The van der Waals surface area contributed by atoms with Crippen molar-refractivity contribution in [2.75, 3.05) is 19.4 Å². The minimum absolute atomic E-state index is 0.588. The monoisotopic (exact) mass is 264 g/mol. The number of aryl methyl sites for hydroxylation is 1. The van der Waals surface area contributed by atoms with Gasteiger partial charge in [0.1, 0.15) is 5.52 Å². The number of fused-ring (bicyclic) bond motifs is 1. The van der Waals surface area contributed by atoms with E-state index in [0.29, 0.717) is 6.54 Å². The predicted octanol–water partition coefficient (Wildman–Crippen LogP) is 1.18. The molecule has 0 saturated heterocycles. The largest absolute Gasteiger partial charge is 0.371 e. The summed E-state index contributed by atoms with van der Waals surface area (Å²) < 4.78 is 1.88. The van der Waals surface area contributed by atoms with Crippen LogP contribution in [0.4, 0.5) is 5.82 Å². The molecule has 2 rings (SSSR count). The van der Waals surface area contributed by atoms with E-state index >= 15 is 0 Å². The highest BCUT2D eigenvalue weighted by Gasteiger charge is 2.12. The van der Waals surface area contributed by atoms with Gasteiger partial charge in [-0.05, 0) is 6.92 Å². The summed E-state index contributed by atoms with van der Waals surface area (Å²) in [6.45, 7) is 2.47. The molecule has 0 atom stereocenters. The Bertz CT molecular complexity index is 590. The molecule has 0 saturated carbocycles. The van der Waals surface area contributed by atoms with E-state index < -0.39 is 0 Å². The fraction of sp³-hybridized carbons (Fsp3) is 0.455. The van der Waals surface area contributed by atoms with E-state index in [2.05, 4.69) is 20.3 Å². The van der Waals surface area contributed by atoms with Crippen LogP contribution in [0.2, 0.25) is 0 Å². The van der Waals surface area contributed by atoms with Crippen LogP contribution in [0.25, 0.3) is 11.2 Å². The van der Waals surface area contributed by atoms with Crippen molar-refractivity contribution in [2.45, 2.75) is 13.5 Å². The van der Waals surface area contributed by atoms with Gasteiger partial charge in [0.25, 0.3) is 0 Å². The van der Waals surface area contributed by atoms with Gasteiger partial charge in [0.05, 0.1) is 17.9 Å². The molecule has 1 N–H and O–H groups in total. The minimum Gasteiger partial charge on any atom is -0.371 e. The Hall–Kier alpha value is -1.76. The van der Waals surface area contributed by atoms with E-state index in [1.165, 1.54) is 0 Å². The van der Waals surface area contributed by atoms with Gasteiger partial charge in [0.2, 0.25) is 0 Å². The van der Waals surface area contributed by atoms with Crippen LogP contribution in [0, 0.1) is 0 Å². The third-order valence-corrected chi connectivity index (χ3v) is 3.07. The highest BCUT2D eigenvalue weighted by Crippen LogP contribution is 2.18. The van der Waals surface area contributed by atoms with Crippen molar-refractivity contribution in [1.29, 1.82) is 0 Å². The topological polar surface area (TPSA) is 58.9 Å². The van der Waals surface area contributed by atoms with Crippen LogP contribution < -0.4 is 5.32 Å². The zero-order valence-corrected chi connectivity index (χ0v) is 11.7. The summed E-state index contributed by atoms with van der Waals surface area (Å²) >= 11 is 5.12. The van der Waals surface area contributed by atoms with Crippen LogP contribution in [0.1, 0.15) is 12.7 Å². The Labute approximate surface area is 111 Å². The number of aromatic nitrogens is 4. The quantitative estimate of drug-likeness (QED) is 0.840. The average Bonchev–Trinajstić information content (AvgIpc) is 2.70. The molecular formula is C11H16N6S. The summed E-state index contributed by atoms with van der Waals surface area (Å²) in [6.07, 6.45) is 1.73. The number of thiocarbonyl (C=S) groups is 1.